The van der Waals surface area contributed by atoms with E-state index in [2.05, 4.69) is 15.5 Å². The first-order valence-electron chi connectivity index (χ1n) is 5.49. The fraction of sp³-hybridized carbons (Fsp3) is 0.333. The normalized spacial score (nSPS) is 10.7. The van der Waals surface area contributed by atoms with E-state index in [1.54, 1.807) is 0 Å². The molecule has 0 spiro atoms. The van der Waals surface area contributed by atoms with Crippen LogP contribution in [0.4, 0.5) is 0 Å². The van der Waals surface area contributed by atoms with Crippen molar-refractivity contribution >= 4 is 11.6 Å². The van der Waals surface area contributed by atoms with E-state index in [1.807, 2.05) is 31.3 Å². The van der Waals surface area contributed by atoms with Crippen LogP contribution in [-0.2, 0) is 12.8 Å². The van der Waals surface area contributed by atoms with Crippen molar-refractivity contribution in [1.82, 2.24) is 15.5 Å². The molecule has 1 aromatic carbocycles. The van der Waals surface area contributed by atoms with E-state index in [4.69, 9.17) is 16.1 Å². The Morgan fingerprint density at radius 1 is 1.35 bits per heavy atom. The number of hydrogen-bond donors (Lipinski definition) is 1. The highest BCUT2D eigenvalue weighted by Gasteiger charge is 2.08. The third kappa shape index (κ3) is 3.28. The molecule has 0 unspecified atom stereocenters. The van der Waals surface area contributed by atoms with Gasteiger partial charge in [0, 0.05) is 18.0 Å². The summed E-state index contributed by atoms with van der Waals surface area (Å²) in [5.41, 5.74) is 0.998. The molecule has 1 aromatic heterocycles. The number of halogens is 1. The lowest BCUT2D eigenvalue weighted by Crippen LogP contribution is -2.11. The van der Waals surface area contributed by atoms with E-state index in [1.165, 1.54) is 0 Å². The van der Waals surface area contributed by atoms with Gasteiger partial charge >= 0.3 is 0 Å². The molecule has 2 aromatic rings. The summed E-state index contributed by atoms with van der Waals surface area (Å²) in [6.07, 6.45) is 1.34. The van der Waals surface area contributed by atoms with Gasteiger partial charge in [-0.25, -0.2) is 0 Å². The maximum atomic E-state index is 6.06. The summed E-state index contributed by atoms with van der Waals surface area (Å²) in [7, 11) is 1.89. The van der Waals surface area contributed by atoms with Gasteiger partial charge in [-0.2, -0.15) is 4.98 Å². The summed E-state index contributed by atoms with van der Waals surface area (Å²) in [4.78, 5) is 4.31. The zero-order valence-corrected chi connectivity index (χ0v) is 10.4. The molecule has 0 saturated carbocycles. The van der Waals surface area contributed by atoms with Gasteiger partial charge in [-0.15, -0.1) is 0 Å². The van der Waals surface area contributed by atoms with Gasteiger partial charge in [0.05, 0.1) is 6.42 Å². The molecule has 0 aliphatic carbocycles. The zero-order chi connectivity index (χ0) is 12.1. The maximum Gasteiger partial charge on any atom is 0.231 e. The van der Waals surface area contributed by atoms with E-state index in [9.17, 15) is 0 Å². The van der Waals surface area contributed by atoms with E-state index in [-0.39, 0.29) is 0 Å². The fourth-order valence-corrected chi connectivity index (χ4v) is 1.71. The molecule has 0 bridgehead atoms. The van der Waals surface area contributed by atoms with Crippen LogP contribution in [0, 0.1) is 0 Å². The van der Waals surface area contributed by atoms with Crippen LogP contribution in [-0.4, -0.2) is 23.7 Å². The predicted molar refractivity (Wildman–Crippen MR) is 66.2 cm³/mol. The van der Waals surface area contributed by atoms with Crippen LogP contribution >= 0.6 is 11.6 Å². The minimum Gasteiger partial charge on any atom is -0.339 e. The molecule has 90 valence electrons. The van der Waals surface area contributed by atoms with E-state index in [0.29, 0.717) is 12.3 Å². The molecule has 0 aliphatic heterocycles. The highest BCUT2D eigenvalue weighted by molar-refractivity contribution is 6.31. The lowest BCUT2D eigenvalue weighted by atomic mass is 10.1. The van der Waals surface area contributed by atoms with Crippen LogP contribution in [0.1, 0.15) is 17.3 Å². The maximum absolute atomic E-state index is 6.06. The van der Waals surface area contributed by atoms with Gasteiger partial charge in [0.1, 0.15) is 0 Å². The largest absolute Gasteiger partial charge is 0.339 e. The summed E-state index contributed by atoms with van der Waals surface area (Å²) in [5.74, 6) is 1.32. The molecule has 2 rings (SSSR count). The van der Waals surface area contributed by atoms with Crippen molar-refractivity contribution in [2.45, 2.75) is 12.8 Å². The molecule has 5 heteroatoms. The number of benzene rings is 1. The molecule has 0 amide bonds. The van der Waals surface area contributed by atoms with E-state index in [0.717, 1.165) is 29.4 Å². The van der Waals surface area contributed by atoms with Gasteiger partial charge in [-0.05, 0) is 18.7 Å². The second kappa shape index (κ2) is 5.80. The minimum absolute atomic E-state index is 0.576. The number of nitrogens with zero attached hydrogens (tertiary/aromatic N) is 2. The molecular formula is C12H14ClN3O. The summed E-state index contributed by atoms with van der Waals surface area (Å²) >= 11 is 6.06. The van der Waals surface area contributed by atoms with Gasteiger partial charge in [0.15, 0.2) is 5.82 Å². The Hall–Kier alpha value is -1.39. The molecule has 0 saturated heterocycles. The lowest BCUT2D eigenvalue weighted by Gasteiger charge is -1.98. The van der Waals surface area contributed by atoms with Crippen molar-refractivity contribution in [3.8, 4) is 0 Å². The van der Waals surface area contributed by atoms with Crippen LogP contribution in [0.3, 0.4) is 0 Å². The highest BCUT2D eigenvalue weighted by Crippen LogP contribution is 2.17. The quantitative estimate of drug-likeness (QED) is 0.884. The number of hydrogen-bond acceptors (Lipinski definition) is 4. The van der Waals surface area contributed by atoms with Crippen molar-refractivity contribution < 1.29 is 4.52 Å². The molecule has 4 nitrogen and oxygen atoms in total. The van der Waals surface area contributed by atoms with Gasteiger partial charge in [-0.3, -0.25) is 0 Å². The third-order valence-electron chi connectivity index (χ3n) is 2.41. The van der Waals surface area contributed by atoms with Crippen molar-refractivity contribution in [2.75, 3.05) is 13.6 Å². The minimum atomic E-state index is 0.576. The number of aromatic nitrogens is 2. The third-order valence-corrected chi connectivity index (χ3v) is 2.78. The van der Waals surface area contributed by atoms with Crippen molar-refractivity contribution in [1.29, 1.82) is 0 Å². The van der Waals surface area contributed by atoms with Gasteiger partial charge < -0.3 is 9.84 Å². The van der Waals surface area contributed by atoms with Crippen molar-refractivity contribution in [2.24, 2.45) is 0 Å². The first-order chi connectivity index (χ1) is 8.29. The van der Waals surface area contributed by atoms with Crippen LogP contribution in [0.5, 0.6) is 0 Å². The summed E-state index contributed by atoms with van der Waals surface area (Å²) in [5, 5.41) is 7.68. The van der Waals surface area contributed by atoms with Crippen molar-refractivity contribution in [3.63, 3.8) is 0 Å². The Morgan fingerprint density at radius 2 is 2.18 bits per heavy atom. The molecular weight excluding hydrogens is 238 g/mol. The topological polar surface area (TPSA) is 51.0 Å². The Labute approximate surface area is 105 Å². The molecule has 0 radical (unpaired) electrons. The summed E-state index contributed by atoms with van der Waals surface area (Å²) < 4.78 is 5.17. The average molecular weight is 252 g/mol. The fourth-order valence-electron chi connectivity index (χ4n) is 1.50. The zero-order valence-electron chi connectivity index (χ0n) is 9.61. The van der Waals surface area contributed by atoms with Gasteiger partial charge in [0.2, 0.25) is 5.89 Å². The molecule has 0 fully saturated rings. The Balaban J connectivity index is 2.04. The van der Waals surface area contributed by atoms with Crippen LogP contribution in [0.25, 0.3) is 0 Å². The molecule has 1 heterocycles. The monoisotopic (exact) mass is 251 g/mol. The van der Waals surface area contributed by atoms with Gasteiger partial charge in [-0.1, -0.05) is 35.0 Å². The molecule has 17 heavy (non-hydrogen) atoms. The van der Waals surface area contributed by atoms with Crippen molar-refractivity contribution in [3.05, 3.63) is 46.6 Å². The van der Waals surface area contributed by atoms with E-state index < -0.39 is 0 Å². The molecule has 0 atom stereocenters. The molecule has 0 aliphatic rings. The first-order valence-corrected chi connectivity index (χ1v) is 5.87. The predicted octanol–water partition coefficient (Wildman–Crippen LogP) is 2.08. The smallest absolute Gasteiger partial charge is 0.231 e. The summed E-state index contributed by atoms with van der Waals surface area (Å²) in [6, 6.07) is 7.66. The van der Waals surface area contributed by atoms with E-state index >= 15 is 0 Å². The lowest BCUT2D eigenvalue weighted by molar-refractivity contribution is 0.379. The first kappa shape index (κ1) is 12.1. The number of nitrogens with one attached hydrogen (secondary N) is 1. The second-order valence-corrected chi connectivity index (χ2v) is 4.13. The van der Waals surface area contributed by atoms with Crippen LogP contribution in [0.2, 0.25) is 5.02 Å². The average Bonchev–Trinajstić information content (AvgIpc) is 2.77. The van der Waals surface area contributed by atoms with Crippen LogP contribution in [0.15, 0.2) is 28.8 Å². The SMILES string of the molecule is CNCCc1noc(Cc2ccccc2Cl)n1. The summed E-state index contributed by atoms with van der Waals surface area (Å²) in [6.45, 7) is 0.838. The Bertz CT molecular complexity index is 484. The number of likely N-dealkylation sites (N-methyl/N-ethyl adjacent to an activating group) is 1. The van der Waals surface area contributed by atoms with Crippen LogP contribution < -0.4 is 5.32 Å². The second-order valence-electron chi connectivity index (χ2n) is 3.73. The highest BCUT2D eigenvalue weighted by atomic mass is 35.5. The standard InChI is InChI=1S/C12H14ClN3O/c1-14-7-6-11-15-12(17-16-11)8-9-4-2-3-5-10(9)13/h2-5,14H,6-8H2,1H3. The Kier molecular flexibility index (Phi) is 4.12. The Morgan fingerprint density at radius 3 is 2.94 bits per heavy atom. The number of rotatable bonds is 5. The molecule has 1 N–H and O–H groups in total. The van der Waals surface area contributed by atoms with Gasteiger partial charge in [0.25, 0.3) is 0 Å².